The quantitative estimate of drug-likeness (QED) is 0.910. The Bertz CT molecular complexity index is 351. The lowest BCUT2D eigenvalue weighted by molar-refractivity contribution is 0.214. The zero-order chi connectivity index (χ0) is 12.1. The van der Waals surface area contributed by atoms with E-state index in [9.17, 15) is 4.39 Å². The standard InChI is InChI=1S/C14H21FN2.ClH/c1-17(13-6-4-9-16-10-8-13)11-12-5-2-3-7-14(12)15;/h2-3,5,7,13,16H,4,6,8-11H2,1H3;1H. The molecule has 1 N–H and O–H groups in total. The van der Waals surface area contributed by atoms with Crippen LogP contribution in [-0.4, -0.2) is 31.1 Å². The maximum absolute atomic E-state index is 13.6. The molecule has 18 heavy (non-hydrogen) atoms. The second-order valence-electron chi connectivity index (χ2n) is 4.84. The molecule has 1 aliphatic heterocycles. The highest BCUT2D eigenvalue weighted by molar-refractivity contribution is 5.85. The van der Waals surface area contributed by atoms with Crippen LogP contribution in [-0.2, 0) is 6.54 Å². The topological polar surface area (TPSA) is 15.3 Å². The number of hydrogen-bond acceptors (Lipinski definition) is 2. The number of hydrogen-bond donors (Lipinski definition) is 1. The molecule has 0 bridgehead atoms. The fourth-order valence-corrected chi connectivity index (χ4v) is 2.47. The summed E-state index contributed by atoms with van der Waals surface area (Å²) in [5, 5.41) is 3.41. The summed E-state index contributed by atoms with van der Waals surface area (Å²) in [5.41, 5.74) is 0.798. The predicted octanol–water partition coefficient (Wildman–Crippen LogP) is 2.82. The molecule has 1 unspecified atom stereocenters. The van der Waals surface area contributed by atoms with Crippen molar-refractivity contribution in [2.24, 2.45) is 0 Å². The van der Waals surface area contributed by atoms with Gasteiger partial charge in [0.1, 0.15) is 5.82 Å². The van der Waals surface area contributed by atoms with Gasteiger partial charge in [-0.05, 0) is 45.5 Å². The Labute approximate surface area is 115 Å². The van der Waals surface area contributed by atoms with Crippen LogP contribution in [0.25, 0.3) is 0 Å². The molecule has 0 saturated carbocycles. The van der Waals surface area contributed by atoms with E-state index in [1.807, 2.05) is 12.1 Å². The van der Waals surface area contributed by atoms with Gasteiger partial charge >= 0.3 is 0 Å². The molecular formula is C14H22ClFN2. The van der Waals surface area contributed by atoms with E-state index in [1.54, 1.807) is 6.07 Å². The van der Waals surface area contributed by atoms with Gasteiger partial charge in [0.15, 0.2) is 0 Å². The van der Waals surface area contributed by atoms with Gasteiger partial charge in [-0.2, -0.15) is 0 Å². The second kappa shape index (κ2) is 7.72. The van der Waals surface area contributed by atoms with E-state index in [0.717, 1.165) is 25.1 Å². The highest BCUT2D eigenvalue weighted by Crippen LogP contribution is 2.16. The third-order valence-electron chi connectivity index (χ3n) is 3.55. The van der Waals surface area contributed by atoms with Crippen molar-refractivity contribution in [2.75, 3.05) is 20.1 Å². The summed E-state index contributed by atoms with van der Waals surface area (Å²) in [6.07, 6.45) is 3.58. The van der Waals surface area contributed by atoms with E-state index in [0.29, 0.717) is 12.6 Å². The van der Waals surface area contributed by atoms with Gasteiger partial charge < -0.3 is 5.32 Å². The highest BCUT2D eigenvalue weighted by Gasteiger charge is 2.17. The Hall–Kier alpha value is -0.640. The van der Waals surface area contributed by atoms with Gasteiger partial charge in [-0.25, -0.2) is 4.39 Å². The molecule has 1 saturated heterocycles. The zero-order valence-corrected chi connectivity index (χ0v) is 11.7. The normalized spacial score (nSPS) is 20.3. The van der Waals surface area contributed by atoms with Crippen molar-refractivity contribution in [1.29, 1.82) is 0 Å². The molecule has 2 nitrogen and oxygen atoms in total. The van der Waals surface area contributed by atoms with Crippen LogP contribution >= 0.6 is 12.4 Å². The Balaban J connectivity index is 0.00000162. The minimum Gasteiger partial charge on any atom is -0.317 e. The van der Waals surface area contributed by atoms with Crippen LogP contribution in [0.2, 0.25) is 0 Å². The lowest BCUT2D eigenvalue weighted by Gasteiger charge is -2.27. The molecule has 0 aromatic heterocycles. The van der Waals surface area contributed by atoms with Crippen molar-refractivity contribution in [3.8, 4) is 0 Å². The van der Waals surface area contributed by atoms with Crippen molar-refractivity contribution < 1.29 is 4.39 Å². The molecular weight excluding hydrogens is 251 g/mol. The molecule has 1 aromatic carbocycles. The summed E-state index contributed by atoms with van der Waals surface area (Å²) in [6, 6.07) is 7.64. The van der Waals surface area contributed by atoms with Crippen LogP contribution in [0.3, 0.4) is 0 Å². The molecule has 1 aliphatic rings. The summed E-state index contributed by atoms with van der Waals surface area (Å²) in [5.74, 6) is -0.0916. The minimum atomic E-state index is -0.0916. The van der Waals surface area contributed by atoms with Crippen LogP contribution in [0.5, 0.6) is 0 Å². The molecule has 0 radical (unpaired) electrons. The molecule has 0 spiro atoms. The average Bonchev–Trinajstić information content (AvgIpc) is 2.61. The van der Waals surface area contributed by atoms with E-state index >= 15 is 0 Å². The summed E-state index contributed by atoms with van der Waals surface area (Å²) in [4.78, 5) is 2.28. The third-order valence-corrected chi connectivity index (χ3v) is 3.55. The molecule has 1 fully saturated rings. The maximum Gasteiger partial charge on any atom is 0.127 e. The summed E-state index contributed by atoms with van der Waals surface area (Å²) in [7, 11) is 2.10. The first-order chi connectivity index (χ1) is 8.27. The highest BCUT2D eigenvalue weighted by atomic mass is 35.5. The third kappa shape index (κ3) is 4.23. The lowest BCUT2D eigenvalue weighted by atomic mass is 10.1. The fourth-order valence-electron chi connectivity index (χ4n) is 2.47. The maximum atomic E-state index is 13.6. The Morgan fingerprint density at radius 3 is 2.83 bits per heavy atom. The van der Waals surface area contributed by atoms with Gasteiger partial charge in [-0.3, -0.25) is 4.90 Å². The van der Waals surface area contributed by atoms with Crippen molar-refractivity contribution in [1.82, 2.24) is 10.2 Å². The monoisotopic (exact) mass is 272 g/mol. The Morgan fingerprint density at radius 2 is 2.06 bits per heavy atom. The minimum absolute atomic E-state index is 0. The number of halogens is 2. The van der Waals surface area contributed by atoms with Gasteiger partial charge in [0.2, 0.25) is 0 Å². The molecule has 1 aromatic rings. The summed E-state index contributed by atoms with van der Waals surface area (Å²) < 4.78 is 13.6. The lowest BCUT2D eigenvalue weighted by Crippen LogP contribution is -2.32. The Kier molecular flexibility index (Phi) is 6.61. The molecule has 0 aliphatic carbocycles. The van der Waals surface area contributed by atoms with Crippen molar-refractivity contribution >= 4 is 12.4 Å². The first-order valence-corrected chi connectivity index (χ1v) is 6.42. The number of nitrogens with one attached hydrogen (secondary N) is 1. The van der Waals surface area contributed by atoms with Gasteiger partial charge in [0, 0.05) is 18.2 Å². The molecule has 1 heterocycles. The van der Waals surface area contributed by atoms with Crippen LogP contribution in [0.15, 0.2) is 24.3 Å². The molecule has 2 rings (SSSR count). The Morgan fingerprint density at radius 1 is 1.28 bits per heavy atom. The number of rotatable bonds is 3. The van der Waals surface area contributed by atoms with E-state index in [4.69, 9.17) is 0 Å². The van der Waals surface area contributed by atoms with Crippen LogP contribution in [0, 0.1) is 5.82 Å². The zero-order valence-electron chi connectivity index (χ0n) is 10.9. The molecule has 102 valence electrons. The van der Waals surface area contributed by atoms with Gasteiger partial charge in [0.05, 0.1) is 0 Å². The van der Waals surface area contributed by atoms with Crippen molar-refractivity contribution in [3.63, 3.8) is 0 Å². The average molecular weight is 273 g/mol. The van der Waals surface area contributed by atoms with Crippen molar-refractivity contribution in [3.05, 3.63) is 35.6 Å². The van der Waals surface area contributed by atoms with Crippen molar-refractivity contribution in [2.45, 2.75) is 31.8 Å². The largest absolute Gasteiger partial charge is 0.317 e. The smallest absolute Gasteiger partial charge is 0.127 e. The van der Waals surface area contributed by atoms with E-state index in [-0.39, 0.29) is 18.2 Å². The van der Waals surface area contributed by atoms with E-state index in [2.05, 4.69) is 17.3 Å². The second-order valence-corrected chi connectivity index (χ2v) is 4.84. The number of nitrogens with zero attached hydrogens (tertiary/aromatic N) is 1. The number of benzene rings is 1. The summed E-state index contributed by atoms with van der Waals surface area (Å²) >= 11 is 0. The van der Waals surface area contributed by atoms with Crippen LogP contribution in [0.1, 0.15) is 24.8 Å². The SMILES string of the molecule is CN(Cc1ccccc1F)C1CCCNCC1.Cl. The molecule has 4 heteroatoms. The first kappa shape index (κ1) is 15.4. The van der Waals surface area contributed by atoms with E-state index < -0.39 is 0 Å². The van der Waals surface area contributed by atoms with Gasteiger partial charge in [-0.15, -0.1) is 12.4 Å². The summed E-state index contributed by atoms with van der Waals surface area (Å²) in [6.45, 7) is 2.90. The first-order valence-electron chi connectivity index (χ1n) is 6.42. The molecule has 0 amide bonds. The van der Waals surface area contributed by atoms with Crippen LogP contribution < -0.4 is 5.32 Å². The predicted molar refractivity (Wildman–Crippen MR) is 75.6 cm³/mol. The molecule has 1 atom stereocenters. The fraction of sp³-hybridized carbons (Fsp3) is 0.571. The van der Waals surface area contributed by atoms with Gasteiger partial charge in [0.25, 0.3) is 0 Å². The van der Waals surface area contributed by atoms with Crippen LogP contribution in [0.4, 0.5) is 4.39 Å². The van der Waals surface area contributed by atoms with Gasteiger partial charge in [-0.1, -0.05) is 18.2 Å². The van der Waals surface area contributed by atoms with E-state index in [1.165, 1.54) is 18.9 Å².